The average Bonchev–Trinajstić information content (AvgIpc) is 3.29. The summed E-state index contributed by atoms with van der Waals surface area (Å²) in [5.74, 6) is 0. The molecule has 2 saturated carbocycles. The van der Waals surface area contributed by atoms with Crippen LogP contribution in [0.15, 0.2) is 28.6 Å². The molecule has 2 aliphatic carbocycles. The molecule has 0 aliphatic heterocycles. The molecule has 0 amide bonds. The van der Waals surface area contributed by atoms with E-state index in [-0.39, 0.29) is 0 Å². The highest BCUT2D eigenvalue weighted by atomic mass is 33.1. The van der Waals surface area contributed by atoms with Crippen molar-refractivity contribution in [2.75, 3.05) is 0 Å². The SMILES string of the molecule is c1ccc2sc(SSN(C3CCCC3)C3CCCC3)nc2c1. The zero-order valence-electron chi connectivity index (χ0n) is 12.7. The van der Waals surface area contributed by atoms with Gasteiger partial charge in [-0.05, 0) is 59.6 Å². The Hall–Kier alpha value is -0.230. The fraction of sp³-hybridized carbons (Fsp3) is 0.588. The minimum absolute atomic E-state index is 0.801. The Morgan fingerprint density at radius 3 is 2.23 bits per heavy atom. The highest BCUT2D eigenvalue weighted by Gasteiger charge is 2.31. The zero-order chi connectivity index (χ0) is 14.8. The van der Waals surface area contributed by atoms with E-state index >= 15 is 0 Å². The molecular weight excluding hydrogens is 328 g/mol. The lowest BCUT2D eigenvalue weighted by atomic mass is 10.2. The molecule has 118 valence electrons. The topological polar surface area (TPSA) is 16.1 Å². The summed E-state index contributed by atoms with van der Waals surface area (Å²) in [5.41, 5.74) is 1.14. The maximum absolute atomic E-state index is 4.77. The van der Waals surface area contributed by atoms with Crippen LogP contribution >= 0.6 is 33.1 Å². The number of thiazole rings is 1. The maximum atomic E-state index is 4.77. The standard InChI is InChI=1S/C17H22N2S3/c1-2-8-13(7-1)19(14-9-3-4-10-14)22-21-17-18-15-11-5-6-12-16(15)20-17/h5-6,11-14H,1-4,7-10H2. The van der Waals surface area contributed by atoms with Crippen LogP contribution in [-0.4, -0.2) is 21.4 Å². The predicted molar refractivity (Wildman–Crippen MR) is 99.4 cm³/mol. The second-order valence-electron chi connectivity index (χ2n) is 6.34. The third-order valence-corrected chi connectivity index (χ3v) is 8.78. The second kappa shape index (κ2) is 7.12. The molecule has 2 nitrogen and oxygen atoms in total. The van der Waals surface area contributed by atoms with Crippen LogP contribution in [0.2, 0.25) is 0 Å². The van der Waals surface area contributed by atoms with Gasteiger partial charge in [0.05, 0.1) is 10.2 Å². The van der Waals surface area contributed by atoms with Crippen molar-refractivity contribution in [2.24, 2.45) is 0 Å². The number of benzene rings is 1. The summed E-state index contributed by atoms with van der Waals surface area (Å²) in [5, 5.41) is 0. The molecule has 1 heterocycles. The van der Waals surface area contributed by atoms with Gasteiger partial charge in [-0.1, -0.05) is 37.8 Å². The maximum Gasteiger partial charge on any atom is 0.162 e. The van der Waals surface area contributed by atoms with Crippen LogP contribution in [-0.2, 0) is 0 Å². The first-order valence-electron chi connectivity index (χ1n) is 8.39. The molecule has 0 atom stereocenters. The number of hydrogen-bond acceptors (Lipinski definition) is 5. The zero-order valence-corrected chi connectivity index (χ0v) is 15.2. The summed E-state index contributed by atoms with van der Waals surface area (Å²) in [6.45, 7) is 0. The molecule has 1 aromatic carbocycles. The summed E-state index contributed by atoms with van der Waals surface area (Å²) in [6.07, 6.45) is 11.2. The second-order valence-corrected chi connectivity index (χ2v) is 9.70. The molecule has 0 unspecified atom stereocenters. The van der Waals surface area contributed by atoms with Gasteiger partial charge in [0.15, 0.2) is 4.34 Å². The van der Waals surface area contributed by atoms with Gasteiger partial charge >= 0.3 is 0 Å². The molecule has 0 bridgehead atoms. The van der Waals surface area contributed by atoms with Gasteiger partial charge in [0.2, 0.25) is 0 Å². The van der Waals surface area contributed by atoms with Crippen LogP contribution in [0.1, 0.15) is 51.4 Å². The quantitative estimate of drug-likeness (QED) is 0.475. The highest BCUT2D eigenvalue weighted by Crippen LogP contribution is 2.44. The van der Waals surface area contributed by atoms with E-state index in [1.54, 1.807) is 0 Å². The van der Waals surface area contributed by atoms with Crippen LogP contribution in [0.25, 0.3) is 10.2 Å². The first kappa shape index (κ1) is 15.3. The molecule has 22 heavy (non-hydrogen) atoms. The van der Waals surface area contributed by atoms with Crippen LogP contribution < -0.4 is 0 Å². The Bertz CT molecular complexity index is 566. The van der Waals surface area contributed by atoms with E-state index in [0.717, 1.165) is 17.6 Å². The van der Waals surface area contributed by atoms with E-state index in [1.807, 2.05) is 33.1 Å². The lowest BCUT2D eigenvalue weighted by Gasteiger charge is -2.32. The highest BCUT2D eigenvalue weighted by molar-refractivity contribution is 8.76. The van der Waals surface area contributed by atoms with Gasteiger partial charge < -0.3 is 0 Å². The summed E-state index contributed by atoms with van der Waals surface area (Å²) in [4.78, 5) is 4.77. The smallest absolute Gasteiger partial charge is 0.162 e. The van der Waals surface area contributed by atoms with E-state index in [4.69, 9.17) is 4.98 Å². The molecule has 0 saturated heterocycles. The molecule has 0 N–H and O–H groups in total. The van der Waals surface area contributed by atoms with Crippen molar-refractivity contribution in [1.82, 2.24) is 9.29 Å². The predicted octanol–water partition coefficient (Wildman–Crippen LogP) is 6.14. The third kappa shape index (κ3) is 3.32. The van der Waals surface area contributed by atoms with Gasteiger partial charge in [-0.2, -0.15) is 0 Å². The van der Waals surface area contributed by atoms with E-state index in [0.29, 0.717) is 0 Å². The van der Waals surface area contributed by atoms with E-state index in [9.17, 15) is 0 Å². The van der Waals surface area contributed by atoms with E-state index in [2.05, 4.69) is 28.6 Å². The Kier molecular flexibility index (Phi) is 4.95. The number of nitrogens with zero attached hydrogens (tertiary/aromatic N) is 2. The van der Waals surface area contributed by atoms with Gasteiger partial charge in [0.25, 0.3) is 0 Å². The van der Waals surface area contributed by atoms with E-state index < -0.39 is 0 Å². The normalized spacial score (nSPS) is 20.6. The molecule has 1 aromatic heterocycles. The largest absolute Gasteiger partial charge is 0.235 e. The molecule has 0 spiro atoms. The molecular formula is C17H22N2S3. The van der Waals surface area contributed by atoms with Crippen LogP contribution in [0.4, 0.5) is 0 Å². The lowest BCUT2D eigenvalue weighted by molar-refractivity contribution is 0.280. The molecule has 5 heteroatoms. The van der Waals surface area contributed by atoms with Crippen molar-refractivity contribution in [3.05, 3.63) is 24.3 Å². The van der Waals surface area contributed by atoms with Crippen molar-refractivity contribution in [2.45, 2.75) is 67.8 Å². The van der Waals surface area contributed by atoms with Gasteiger partial charge in [0.1, 0.15) is 0 Å². The van der Waals surface area contributed by atoms with Gasteiger partial charge in [-0.3, -0.25) is 0 Å². The summed E-state index contributed by atoms with van der Waals surface area (Å²) >= 11 is 1.83. The average molecular weight is 351 g/mol. The molecule has 4 rings (SSSR count). The Morgan fingerprint density at radius 1 is 0.955 bits per heavy atom. The van der Waals surface area contributed by atoms with E-state index in [1.165, 1.54) is 60.4 Å². The van der Waals surface area contributed by atoms with Crippen molar-refractivity contribution < 1.29 is 0 Å². The third-order valence-electron chi connectivity index (χ3n) is 4.84. The fourth-order valence-corrected chi connectivity index (χ4v) is 7.62. The Balaban J connectivity index is 1.46. The molecule has 2 aromatic rings. The number of aromatic nitrogens is 1. The number of rotatable bonds is 5. The van der Waals surface area contributed by atoms with Crippen molar-refractivity contribution in [3.8, 4) is 0 Å². The summed E-state index contributed by atoms with van der Waals surface area (Å²) < 4.78 is 5.25. The molecule has 2 fully saturated rings. The number of para-hydroxylation sites is 1. The first-order valence-corrected chi connectivity index (χ1v) is 11.3. The van der Waals surface area contributed by atoms with Crippen LogP contribution in [0, 0.1) is 0 Å². The minimum Gasteiger partial charge on any atom is -0.235 e. The summed E-state index contributed by atoms with van der Waals surface area (Å²) in [7, 11) is 3.86. The van der Waals surface area contributed by atoms with Gasteiger partial charge in [0, 0.05) is 12.1 Å². The summed E-state index contributed by atoms with van der Waals surface area (Å²) in [6, 6.07) is 10.1. The van der Waals surface area contributed by atoms with Crippen molar-refractivity contribution in [3.63, 3.8) is 0 Å². The molecule has 2 aliphatic rings. The fourth-order valence-electron chi connectivity index (χ4n) is 3.70. The number of hydrogen-bond donors (Lipinski definition) is 0. The van der Waals surface area contributed by atoms with Crippen molar-refractivity contribution in [1.29, 1.82) is 0 Å². The number of fused-ring (bicyclic) bond motifs is 1. The van der Waals surface area contributed by atoms with Gasteiger partial charge in [-0.15, -0.1) is 11.3 Å². The lowest BCUT2D eigenvalue weighted by Crippen LogP contribution is -2.34. The van der Waals surface area contributed by atoms with Crippen LogP contribution in [0.5, 0.6) is 0 Å². The minimum atomic E-state index is 0.801. The Labute approximate surface area is 144 Å². The van der Waals surface area contributed by atoms with Gasteiger partial charge in [-0.25, -0.2) is 9.29 Å². The first-order chi connectivity index (χ1) is 10.9. The van der Waals surface area contributed by atoms with Crippen molar-refractivity contribution >= 4 is 43.3 Å². The van der Waals surface area contributed by atoms with Crippen LogP contribution in [0.3, 0.4) is 0 Å². The monoisotopic (exact) mass is 350 g/mol. The molecule has 0 radical (unpaired) electrons. The Morgan fingerprint density at radius 2 is 1.59 bits per heavy atom.